The van der Waals surface area contributed by atoms with Crippen molar-refractivity contribution in [1.29, 1.82) is 0 Å². The number of amides is 1. The third-order valence-corrected chi connectivity index (χ3v) is 3.95. The summed E-state index contributed by atoms with van der Waals surface area (Å²) in [6, 6.07) is 4.06. The van der Waals surface area contributed by atoms with Gasteiger partial charge in [0.1, 0.15) is 5.02 Å². The summed E-state index contributed by atoms with van der Waals surface area (Å²) in [5.74, 6) is 0.182. The van der Waals surface area contributed by atoms with E-state index in [1.807, 2.05) is 0 Å². The van der Waals surface area contributed by atoms with Gasteiger partial charge in [-0.05, 0) is 29.9 Å². The highest BCUT2D eigenvalue weighted by atomic mass is 35.5. The number of hydrogen-bond acceptors (Lipinski definition) is 3. The van der Waals surface area contributed by atoms with E-state index in [2.05, 4.69) is 19.2 Å². The molecule has 2 rings (SSSR count). The SMILES string of the molecule is CC1(C)CC1CNC(=O)c1ccc(Cl)c([N+](=O)[O-])c1. The molecule has 1 N–H and O–H groups in total. The van der Waals surface area contributed by atoms with E-state index < -0.39 is 4.92 Å². The van der Waals surface area contributed by atoms with Gasteiger partial charge in [0.2, 0.25) is 0 Å². The maximum Gasteiger partial charge on any atom is 0.288 e. The number of carbonyl (C=O) groups excluding carboxylic acids is 1. The Morgan fingerprint density at radius 1 is 1.58 bits per heavy atom. The van der Waals surface area contributed by atoms with Gasteiger partial charge in [-0.3, -0.25) is 14.9 Å². The monoisotopic (exact) mass is 282 g/mol. The molecule has 0 bridgehead atoms. The van der Waals surface area contributed by atoms with E-state index in [0.29, 0.717) is 17.9 Å². The second-order valence-corrected chi connectivity index (χ2v) is 5.93. The number of rotatable bonds is 4. The smallest absolute Gasteiger partial charge is 0.288 e. The summed E-state index contributed by atoms with van der Waals surface area (Å²) in [5.41, 5.74) is 0.301. The molecule has 102 valence electrons. The van der Waals surface area contributed by atoms with Crippen LogP contribution in [0.15, 0.2) is 18.2 Å². The molecule has 1 aliphatic carbocycles. The van der Waals surface area contributed by atoms with Gasteiger partial charge >= 0.3 is 0 Å². The molecule has 1 saturated carbocycles. The zero-order chi connectivity index (χ0) is 14.2. The van der Waals surface area contributed by atoms with Crippen molar-refractivity contribution in [3.63, 3.8) is 0 Å². The Kier molecular flexibility index (Phi) is 3.49. The molecular formula is C13H15ClN2O3. The molecule has 1 aliphatic rings. The minimum Gasteiger partial charge on any atom is -0.352 e. The van der Waals surface area contributed by atoms with E-state index in [1.165, 1.54) is 18.2 Å². The number of nitro benzene ring substituents is 1. The summed E-state index contributed by atoms with van der Waals surface area (Å²) in [7, 11) is 0. The first kappa shape index (κ1) is 13.8. The quantitative estimate of drug-likeness (QED) is 0.681. The molecule has 0 aliphatic heterocycles. The topological polar surface area (TPSA) is 72.2 Å². The van der Waals surface area contributed by atoms with Gasteiger partial charge in [0, 0.05) is 18.2 Å². The lowest BCUT2D eigenvalue weighted by Crippen LogP contribution is -2.26. The maximum atomic E-state index is 11.9. The van der Waals surface area contributed by atoms with Crippen molar-refractivity contribution in [2.45, 2.75) is 20.3 Å². The van der Waals surface area contributed by atoms with Gasteiger partial charge < -0.3 is 5.32 Å². The summed E-state index contributed by atoms with van der Waals surface area (Å²) in [6.45, 7) is 4.90. The Morgan fingerprint density at radius 2 is 2.21 bits per heavy atom. The second-order valence-electron chi connectivity index (χ2n) is 5.52. The molecule has 0 heterocycles. The van der Waals surface area contributed by atoms with Crippen LogP contribution in [-0.4, -0.2) is 17.4 Å². The van der Waals surface area contributed by atoms with Crippen molar-refractivity contribution < 1.29 is 9.72 Å². The number of hydrogen-bond donors (Lipinski definition) is 1. The number of carbonyl (C=O) groups is 1. The molecule has 0 aromatic heterocycles. The number of nitro groups is 1. The average Bonchev–Trinajstić information content (AvgIpc) is 2.94. The molecular weight excluding hydrogens is 268 g/mol. The molecule has 1 atom stereocenters. The van der Waals surface area contributed by atoms with E-state index >= 15 is 0 Å². The van der Waals surface area contributed by atoms with Crippen LogP contribution in [0.2, 0.25) is 5.02 Å². The maximum absolute atomic E-state index is 11.9. The van der Waals surface area contributed by atoms with E-state index in [9.17, 15) is 14.9 Å². The Labute approximate surface area is 116 Å². The standard InChI is InChI=1S/C13H15ClN2O3/c1-13(2)6-9(13)7-15-12(17)8-3-4-10(14)11(5-8)16(18)19/h3-5,9H,6-7H2,1-2H3,(H,15,17). The number of nitrogens with one attached hydrogen (secondary N) is 1. The molecule has 6 heteroatoms. The van der Waals surface area contributed by atoms with Crippen molar-refractivity contribution in [2.75, 3.05) is 6.54 Å². The van der Waals surface area contributed by atoms with Crippen molar-refractivity contribution in [3.8, 4) is 0 Å². The van der Waals surface area contributed by atoms with Crippen LogP contribution in [0.4, 0.5) is 5.69 Å². The van der Waals surface area contributed by atoms with Crippen LogP contribution >= 0.6 is 11.6 Å². The zero-order valence-corrected chi connectivity index (χ0v) is 11.5. The highest BCUT2D eigenvalue weighted by Gasteiger charge is 2.45. The first-order chi connectivity index (χ1) is 8.81. The molecule has 0 saturated heterocycles. The van der Waals surface area contributed by atoms with Gasteiger partial charge in [-0.1, -0.05) is 25.4 Å². The minimum atomic E-state index is -0.594. The molecule has 1 aromatic carbocycles. The number of benzene rings is 1. The fraction of sp³-hybridized carbons (Fsp3) is 0.462. The van der Waals surface area contributed by atoms with Gasteiger partial charge in [-0.25, -0.2) is 0 Å². The van der Waals surface area contributed by atoms with Crippen molar-refractivity contribution in [2.24, 2.45) is 11.3 Å². The Hall–Kier alpha value is -1.62. The molecule has 0 radical (unpaired) electrons. The van der Waals surface area contributed by atoms with E-state index in [4.69, 9.17) is 11.6 Å². The van der Waals surface area contributed by atoms with Gasteiger partial charge in [-0.15, -0.1) is 0 Å². The third-order valence-electron chi connectivity index (χ3n) is 3.63. The predicted molar refractivity (Wildman–Crippen MR) is 72.3 cm³/mol. The minimum absolute atomic E-state index is 0.0323. The summed E-state index contributed by atoms with van der Waals surface area (Å²) >= 11 is 5.70. The van der Waals surface area contributed by atoms with Crippen LogP contribution in [0, 0.1) is 21.4 Å². The van der Waals surface area contributed by atoms with Gasteiger partial charge in [0.25, 0.3) is 11.6 Å². The summed E-state index contributed by atoms with van der Waals surface area (Å²) in [6.07, 6.45) is 1.09. The summed E-state index contributed by atoms with van der Waals surface area (Å²) in [4.78, 5) is 22.1. The summed E-state index contributed by atoms with van der Waals surface area (Å²) in [5, 5.41) is 13.6. The lowest BCUT2D eigenvalue weighted by molar-refractivity contribution is -0.384. The molecule has 1 fully saturated rings. The molecule has 19 heavy (non-hydrogen) atoms. The van der Waals surface area contributed by atoms with Crippen LogP contribution in [0.3, 0.4) is 0 Å². The predicted octanol–water partition coefficient (Wildman–Crippen LogP) is 3.02. The van der Waals surface area contributed by atoms with E-state index in [1.54, 1.807) is 0 Å². The van der Waals surface area contributed by atoms with Crippen LogP contribution in [0.5, 0.6) is 0 Å². The Balaban J connectivity index is 2.03. The molecule has 1 unspecified atom stereocenters. The van der Waals surface area contributed by atoms with Crippen LogP contribution in [-0.2, 0) is 0 Å². The van der Waals surface area contributed by atoms with Crippen molar-refractivity contribution in [3.05, 3.63) is 38.9 Å². The first-order valence-electron chi connectivity index (χ1n) is 6.03. The molecule has 0 spiro atoms. The second kappa shape index (κ2) is 4.81. The molecule has 5 nitrogen and oxygen atoms in total. The fourth-order valence-corrected chi connectivity index (χ4v) is 2.22. The lowest BCUT2D eigenvalue weighted by atomic mass is 10.1. The van der Waals surface area contributed by atoms with Gasteiger partial charge in [-0.2, -0.15) is 0 Å². The lowest BCUT2D eigenvalue weighted by Gasteiger charge is -2.07. The molecule has 1 aromatic rings. The Morgan fingerprint density at radius 3 is 2.74 bits per heavy atom. The average molecular weight is 283 g/mol. The normalized spacial score (nSPS) is 19.8. The zero-order valence-electron chi connectivity index (χ0n) is 10.8. The van der Waals surface area contributed by atoms with E-state index in [0.717, 1.165) is 6.42 Å². The number of halogens is 1. The molecule has 1 amide bonds. The fourth-order valence-electron chi connectivity index (χ4n) is 2.04. The van der Waals surface area contributed by atoms with Crippen molar-refractivity contribution in [1.82, 2.24) is 5.32 Å². The van der Waals surface area contributed by atoms with Crippen LogP contribution in [0.1, 0.15) is 30.6 Å². The highest BCUT2D eigenvalue weighted by Crippen LogP contribution is 2.50. The van der Waals surface area contributed by atoms with Crippen LogP contribution < -0.4 is 5.32 Å². The van der Waals surface area contributed by atoms with E-state index in [-0.39, 0.29) is 22.2 Å². The first-order valence-corrected chi connectivity index (χ1v) is 6.41. The third kappa shape index (κ3) is 3.04. The van der Waals surface area contributed by atoms with Crippen molar-refractivity contribution >= 4 is 23.2 Å². The largest absolute Gasteiger partial charge is 0.352 e. The van der Waals surface area contributed by atoms with Gasteiger partial charge in [0.05, 0.1) is 4.92 Å². The number of nitrogens with zero attached hydrogens (tertiary/aromatic N) is 1. The highest BCUT2D eigenvalue weighted by molar-refractivity contribution is 6.32. The Bertz CT molecular complexity index is 543. The van der Waals surface area contributed by atoms with Crippen LogP contribution in [0.25, 0.3) is 0 Å². The van der Waals surface area contributed by atoms with Gasteiger partial charge in [0.15, 0.2) is 0 Å². The summed E-state index contributed by atoms with van der Waals surface area (Å²) < 4.78 is 0.